The lowest BCUT2D eigenvalue weighted by molar-refractivity contribution is -0.125. The SMILES string of the molecule is CC(C)c1ccc(CNCC(F)(F)F)c2ccccc12. The molecular formula is C16H18F3N. The molecule has 0 atom stereocenters. The zero-order valence-corrected chi connectivity index (χ0v) is 11.6. The fraction of sp³-hybridized carbons (Fsp3) is 0.375. The molecule has 0 spiro atoms. The van der Waals surface area contributed by atoms with Crippen LogP contribution in [0.25, 0.3) is 10.8 Å². The summed E-state index contributed by atoms with van der Waals surface area (Å²) in [5.74, 6) is 0.386. The van der Waals surface area contributed by atoms with Gasteiger partial charge >= 0.3 is 6.18 Å². The van der Waals surface area contributed by atoms with Crippen molar-refractivity contribution in [2.24, 2.45) is 0 Å². The molecule has 0 unspecified atom stereocenters. The standard InChI is InChI=1S/C16H18F3N/c1-11(2)13-8-7-12(9-20-10-16(17,18)19)14-5-3-4-6-15(13)14/h3-8,11,20H,9-10H2,1-2H3. The Morgan fingerprint density at radius 1 is 1.00 bits per heavy atom. The van der Waals surface area contributed by atoms with Gasteiger partial charge in [0.05, 0.1) is 6.54 Å². The second kappa shape index (κ2) is 5.83. The fourth-order valence-electron chi connectivity index (χ4n) is 2.38. The lowest BCUT2D eigenvalue weighted by Crippen LogP contribution is -2.28. The van der Waals surface area contributed by atoms with Crippen molar-refractivity contribution in [3.8, 4) is 0 Å². The maximum Gasteiger partial charge on any atom is 0.401 e. The first-order valence-corrected chi connectivity index (χ1v) is 6.66. The van der Waals surface area contributed by atoms with Gasteiger partial charge in [0.2, 0.25) is 0 Å². The van der Waals surface area contributed by atoms with Crippen molar-refractivity contribution in [3.63, 3.8) is 0 Å². The van der Waals surface area contributed by atoms with Crippen molar-refractivity contribution in [1.82, 2.24) is 5.32 Å². The summed E-state index contributed by atoms with van der Waals surface area (Å²) in [6.07, 6.45) is -4.17. The van der Waals surface area contributed by atoms with E-state index in [1.54, 1.807) is 0 Å². The van der Waals surface area contributed by atoms with Crippen molar-refractivity contribution >= 4 is 10.8 Å². The monoisotopic (exact) mass is 281 g/mol. The molecule has 4 heteroatoms. The molecule has 0 aliphatic heterocycles. The maximum absolute atomic E-state index is 12.2. The summed E-state index contributed by atoms with van der Waals surface area (Å²) in [5, 5.41) is 4.60. The Labute approximate surface area is 116 Å². The van der Waals surface area contributed by atoms with Crippen LogP contribution in [-0.2, 0) is 6.54 Å². The van der Waals surface area contributed by atoms with E-state index in [0.717, 1.165) is 16.3 Å². The largest absolute Gasteiger partial charge is 0.401 e. The highest BCUT2D eigenvalue weighted by Crippen LogP contribution is 2.28. The van der Waals surface area contributed by atoms with E-state index in [-0.39, 0.29) is 6.54 Å². The third kappa shape index (κ3) is 3.51. The first kappa shape index (κ1) is 14.9. The van der Waals surface area contributed by atoms with Gasteiger partial charge < -0.3 is 5.32 Å². The summed E-state index contributed by atoms with van der Waals surface area (Å²) in [5.41, 5.74) is 2.12. The van der Waals surface area contributed by atoms with Crippen LogP contribution in [0.15, 0.2) is 36.4 Å². The van der Waals surface area contributed by atoms with E-state index in [2.05, 4.69) is 19.2 Å². The summed E-state index contributed by atoms with van der Waals surface area (Å²) >= 11 is 0. The van der Waals surface area contributed by atoms with Gasteiger partial charge in [-0.15, -0.1) is 0 Å². The Bertz CT molecular complexity index is 588. The number of nitrogens with one attached hydrogen (secondary N) is 1. The predicted molar refractivity (Wildman–Crippen MR) is 75.8 cm³/mol. The van der Waals surface area contributed by atoms with Gasteiger partial charge in [0.25, 0.3) is 0 Å². The molecule has 0 aliphatic rings. The van der Waals surface area contributed by atoms with E-state index < -0.39 is 12.7 Å². The maximum atomic E-state index is 12.2. The average molecular weight is 281 g/mol. The molecule has 108 valence electrons. The smallest absolute Gasteiger partial charge is 0.305 e. The Balaban J connectivity index is 2.29. The molecular weight excluding hydrogens is 263 g/mol. The lowest BCUT2D eigenvalue weighted by Gasteiger charge is -2.14. The summed E-state index contributed by atoms with van der Waals surface area (Å²) in [4.78, 5) is 0. The average Bonchev–Trinajstić information content (AvgIpc) is 2.37. The highest BCUT2D eigenvalue weighted by Gasteiger charge is 2.26. The summed E-state index contributed by atoms with van der Waals surface area (Å²) in [6.45, 7) is 3.48. The van der Waals surface area contributed by atoms with Crippen LogP contribution in [0.5, 0.6) is 0 Å². The van der Waals surface area contributed by atoms with E-state index in [9.17, 15) is 13.2 Å². The fourth-order valence-corrected chi connectivity index (χ4v) is 2.38. The minimum Gasteiger partial charge on any atom is -0.305 e. The summed E-state index contributed by atoms with van der Waals surface area (Å²) in [7, 11) is 0. The molecule has 0 radical (unpaired) electrons. The number of halogens is 3. The first-order valence-electron chi connectivity index (χ1n) is 6.66. The number of benzene rings is 2. The molecule has 0 fully saturated rings. The molecule has 2 rings (SSSR count). The van der Waals surface area contributed by atoms with Gasteiger partial charge in [-0.3, -0.25) is 0 Å². The molecule has 0 saturated carbocycles. The van der Waals surface area contributed by atoms with Crippen molar-refractivity contribution in [2.75, 3.05) is 6.54 Å². The van der Waals surface area contributed by atoms with E-state index in [1.165, 1.54) is 5.56 Å². The topological polar surface area (TPSA) is 12.0 Å². The van der Waals surface area contributed by atoms with Crippen LogP contribution < -0.4 is 5.32 Å². The van der Waals surface area contributed by atoms with Crippen LogP contribution in [0.2, 0.25) is 0 Å². The molecule has 0 bridgehead atoms. The van der Waals surface area contributed by atoms with Gasteiger partial charge in [-0.05, 0) is 27.8 Å². The van der Waals surface area contributed by atoms with E-state index in [1.807, 2.05) is 36.4 Å². The van der Waals surface area contributed by atoms with Gasteiger partial charge in [0.15, 0.2) is 0 Å². The second-order valence-corrected chi connectivity index (χ2v) is 5.23. The van der Waals surface area contributed by atoms with Crippen LogP contribution in [0, 0.1) is 0 Å². The zero-order valence-electron chi connectivity index (χ0n) is 11.6. The summed E-state index contributed by atoms with van der Waals surface area (Å²) < 4.78 is 36.5. The number of alkyl halides is 3. The molecule has 0 aliphatic carbocycles. The zero-order chi connectivity index (χ0) is 14.8. The molecule has 2 aromatic rings. The molecule has 2 aromatic carbocycles. The van der Waals surface area contributed by atoms with Crippen LogP contribution in [0.4, 0.5) is 13.2 Å². The van der Waals surface area contributed by atoms with Gasteiger partial charge in [-0.1, -0.05) is 50.2 Å². The molecule has 1 N–H and O–H groups in total. The Hall–Kier alpha value is -1.55. The molecule has 20 heavy (non-hydrogen) atoms. The molecule has 0 aromatic heterocycles. The van der Waals surface area contributed by atoms with Gasteiger partial charge in [0, 0.05) is 6.54 Å². The normalized spacial score (nSPS) is 12.3. The van der Waals surface area contributed by atoms with Crippen LogP contribution in [0.1, 0.15) is 30.9 Å². The second-order valence-electron chi connectivity index (χ2n) is 5.23. The molecule has 0 amide bonds. The van der Waals surface area contributed by atoms with Gasteiger partial charge in [-0.25, -0.2) is 0 Å². The van der Waals surface area contributed by atoms with Gasteiger partial charge in [0.1, 0.15) is 0 Å². The minimum atomic E-state index is -4.17. The number of fused-ring (bicyclic) bond motifs is 1. The first-order chi connectivity index (χ1) is 9.38. The van der Waals surface area contributed by atoms with Crippen molar-refractivity contribution < 1.29 is 13.2 Å². The number of hydrogen-bond donors (Lipinski definition) is 1. The molecule has 1 nitrogen and oxygen atoms in total. The van der Waals surface area contributed by atoms with Crippen molar-refractivity contribution in [2.45, 2.75) is 32.5 Å². The summed E-state index contributed by atoms with van der Waals surface area (Å²) in [6, 6.07) is 11.8. The van der Waals surface area contributed by atoms with Gasteiger partial charge in [-0.2, -0.15) is 13.2 Å². The van der Waals surface area contributed by atoms with Crippen molar-refractivity contribution in [3.05, 3.63) is 47.5 Å². The van der Waals surface area contributed by atoms with Crippen LogP contribution >= 0.6 is 0 Å². The highest BCUT2D eigenvalue weighted by molar-refractivity contribution is 5.89. The van der Waals surface area contributed by atoms with E-state index >= 15 is 0 Å². The minimum absolute atomic E-state index is 0.221. The lowest BCUT2D eigenvalue weighted by atomic mass is 9.93. The number of hydrogen-bond acceptors (Lipinski definition) is 1. The van der Waals surface area contributed by atoms with Crippen molar-refractivity contribution in [1.29, 1.82) is 0 Å². The Morgan fingerprint density at radius 3 is 2.25 bits per heavy atom. The van der Waals surface area contributed by atoms with Crippen LogP contribution in [0.3, 0.4) is 0 Å². The van der Waals surface area contributed by atoms with E-state index in [0.29, 0.717) is 5.92 Å². The number of rotatable bonds is 4. The Morgan fingerprint density at radius 2 is 1.65 bits per heavy atom. The molecule has 0 saturated heterocycles. The Kier molecular flexibility index (Phi) is 4.33. The van der Waals surface area contributed by atoms with Crippen LogP contribution in [-0.4, -0.2) is 12.7 Å². The third-order valence-electron chi connectivity index (χ3n) is 3.31. The third-order valence-corrected chi connectivity index (χ3v) is 3.31. The quantitative estimate of drug-likeness (QED) is 0.862. The highest BCUT2D eigenvalue weighted by atomic mass is 19.4. The van der Waals surface area contributed by atoms with E-state index in [4.69, 9.17) is 0 Å². The molecule has 0 heterocycles. The predicted octanol–water partition coefficient (Wildman–Crippen LogP) is 4.62.